The Bertz CT molecular complexity index is 181. The minimum Gasteiger partial charge on any atom is -0.376 e. The SMILES string of the molecule is CCOC(C1C=CCC1)C(C)(C)Br. The van der Waals surface area contributed by atoms with Gasteiger partial charge in [-0.15, -0.1) is 0 Å². The molecule has 0 aliphatic heterocycles. The van der Waals surface area contributed by atoms with E-state index in [1.165, 1.54) is 12.8 Å². The Kier molecular flexibility index (Phi) is 3.99. The normalized spacial score (nSPS) is 25.1. The van der Waals surface area contributed by atoms with E-state index >= 15 is 0 Å². The maximum atomic E-state index is 5.79. The Labute approximate surface area is 89.7 Å². The molecule has 1 rings (SSSR count). The van der Waals surface area contributed by atoms with Gasteiger partial charge >= 0.3 is 0 Å². The lowest BCUT2D eigenvalue weighted by atomic mass is 9.92. The predicted octanol–water partition coefficient (Wildman–Crippen LogP) is 3.53. The maximum Gasteiger partial charge on any atom is 0.0785 e. The van der Waals surface area contributed by atoms with Crippen molar-refractivity contribution in [2.75, 3.05) is 6.61 Å². The van der Waals surface area contributed by atoms with Gasteiger partial charge in [-0.25, -0.2) is 0 Å². The maximum absolute atomic E-state index is 5.79. The molecule has 76 valence electrons. The first-order valence-electron chi connectivity index (χ1n) is 5.03. The van der Waals surface area contributed by atoms with E-state index in [4.69, 9.17) is 4.74 Å². The Morgan fingerprint density at radius 1 is 1.62 bits per heavy atom. The minimum absolute atomic E-state index is 0.0718. The highest BCUT2D eigenvalue weighted by molar-refractivity contribution is 9.10. The van der Waals surface area contributed by atoms with Gasteiger partial charge in [-0.3, -0.25) is 0 Å². The van der Waals surface area contributed by atoms with E-state index in [9.17, 15) is 0 Å². The van der Waals surface area contributed by atoms with Crippen LogP contribution in [-0.4, -0.2) is 17.0 Å². The van der Waals surface area contributed by atoms with Gasteiger partial charge in [0.05, 0.1) is 6.10 Å². The van der Waals surface area contributed by atoms with Crippen LogP contribution in [0, 0.1) is 5.92 Å². The second kappa shape index (κ2) is 4.61. The van der Waals surface area contributed by atoms with Gasteiger partial charge < -0.3 is 4.74 Å². The van der Waals surface area contributed by atoms with Crippen molar-refractivity contribution in [3.05, 3.63) is 12.2 Å². The summed E-state index contributed by atoms with van der Waals surface area (Å²) in [6, 6.07) is 0. The standard InChI is InChI=1S/C11H19BrO/c1-4-13-10(11(2,3)12)9-7-5-6-8-9/h5,7,9-10H,4,6,8H2,1-3H3. The number of hydrogen-bond acceptors (Lipinski definition) is 1. The van der Waals surface area contributed by atoms with Gasteiger partial charge in [-0.2, -0.15) is 0 Å². The number of rotatable bonds is 4. The third-order valence-electron chi connectivity index (χ3n) is 2.46. The van der Waals surface area contributed by atoms with Crippen molar-refractivity contribution in [2.24, 2.45) is 5.92 Å². The van der Waals surface area contributed by atoms with Crippen LogP contribution < -0.4 is 0 Å². The van der Waals surface area contributed by atoms with Crippen LogP contribution in [0.1, 0.15) is 33.6 Å². The van der Waals surface area contributed by atoms with Gasteiger partial charge in [0.25, 0.3) is 0 Å². The number of hydrogen-bond donors (Lipinski definition) is 0. The van der Waals surface area contributed by atoms with Gasteiger partial charge in [0.15, 0.2) is 0 Å². The summed E-state index contributed by atoms with van der Waals surface area (Å²) < 4.78 is 5.86. The number of alkyl halides is 1. The second-order valence-corrected chi connectivity index (χ2v) is 6.15. The zero-order valence-corrected chi connectivity index (χ0v) is 10.3. The van der Waals surface area contributed by atoms with Crippen LogP contribution in [0.25, 0.3) is 0 Å². The largest absolute Gasteiger partial charge is 0.376 e. The third-order valence-corrected chi connectivity index (χ3v) is 2.91. The molecular formula is C11H19BrO. The molecule has 0 aromatic heterocycles. The molecule has 2 unspecified atom stereocenters. The first-order valence-corrected chi connectivity index (χ1v) is 5.82. The topological polar surface area (TPSA) is 9.23 Å². The van der Waals surface area contributed by atoms with Crippen LogP contribution in [0.3, 0.4) is 0 Å². The van der Waals surface area contributed by atoms with Gasteiger partial charge in [0.1, 0.15) is 0 Å². The zero-order chi connectivity index (χ0) is 9.90. The molecule has 0 amide bonds. The summed E-state index contributed by atoms with van der Waals surface area (Å²) in [4.78, 5) is 0. The van der Waals surface area contributed by atoms with E-state index in [1.807, 2.05) is 0 Å². The average molecular weight is 247 g/mol. The average Bonchev–Trinajstić information content (AvgIpc) is 2.49. The van der Waals surface area contributed by atoms with Crippen LogP contribution >= 0.6 is 15.9 Å². The van der Waals surface area contributed by atoms with Crippen LogP contribution in [0.5, 0.6) is 0 Å². The lowest BCUT2D eigenvalue weighted by Gasteiger charge is -2.32. The quantitative estimate of drug-likeness (QED) is 0.545. The molecule has 1 aliphatic carbocycles. The van der Waals surface area contributed by atoms with Crippen molar-refractivity contribution in [1.29, 1.82) is 0 Å². The number of allylic oxidation sites excluding steroid dienone is 1. The van der Waals surface area contributed by atoms with Crippen molar-refractivity contribution in [3.8, 4) is 0 Å². The molecule has 0 bridgehead atoms. The molecule has 13 heavy (non-hydrogen) atoms. The fraction of sp³-hybridized carbons (Fsp3) is 0.818. The minimum atomic E-state index is 0.0718. The molecule has 0 aromatic rings. The smallest absolute Gasteiger partial charge is 0.0785 e. The molecule has 0 spiro atoms. The molecule has 0 heterocycles. The first-order chi connectivity index (χ1) is 6.05. The van der Waals surface area contributed by atoms with Gasteiger partial charge in [-0.05, 0) is 33.6 Å². The molecule has 0 saturated carbocycles. The molecule has 1 nitrogen and oxygen atoms in total. The fourth-order valence-electron chi connectivity index (χ4n) is 1.92. The summed E-state index contributed by atoms with van der Waals surface area (Å²) >= 11 is 3.70. The summed E-state index contributed by atoms with van der Waals surface area (Å²) in [6.45, 7) is 7.22. The molecule has 0 N–H and O–H groups in total. The number of halogens is 1. The lowest BCUT2D eigenvalue weighted by Crippen LogP contribution is -2.38. The van der Waals surface area contributed by atoms with Crippen molar-refractivity contribution < 1.29 is 4.74 Å². The Balaban J connectivity index is 2.61. The van der Waals surface area contributed by atoms with E-state index in [-0.39, 0.29) is 4.32 Å². The summed E-state index contributed by atoms with van der Waals surface area (Å²) in [5, 5.41) is 0. The summed E-state index contributed by atoms with van der Waals surface area (Å²) in [5.41, 5.74) is 0. The van der Waals surface area contributed by atoms with Crippen LogP contribution in [0.15, 0.2) is 12.2 Å². The number of ether oxygens (including phenoxy) is 1. The Morgan fingerprint density at radius 2 is 2.31 bits per heavy atom. The lowest BCUT2D eigenvalue weighted by molar-refractivity contribution is 0.0154. The summed E-state index contributed by atoms with van der Waals surface area (Å²) in [7, 11) is 0. The van der Waals surface area contributed by atoms with E-state index < -0.39 is 0 Å². The van der Waals surface area contributed by atoms with Gasteiger partial charge in [-0.1, -0.05) is 28.1 Å². The highest BCUT2D eigenvalue weighted by atomic mass is 79.9. The molecule has 0 fully saturated rings. The molecule has 2 heteroatoms. The van der Waals surface area contributed by atoms with E-state index in [0.29, 0.717) is 12.0 Å². The predicted molar refractivity (Wildman–Crippen MR) is 60.3 cm³/mol. The van der Waals surface area contributed by atoms with Gasteiger partial charge in [0.2, 0.25) is 0 Å². The van der Waals surface area contributed by atoms with Crippen molar-refractivity contribution >= 4 is 15.9 Å². The first kappa shape index (κ1) is 11.3. The van der Waals surface area contributed by atoms with Crippen LogP contribution in [0.4, 0.5) is 0 Å². The van der Waals surface area contributed by atoms with Crippen molar-refractivity contribution in [2.45, 2.75) is 44.0 Å². The fourth-order valence-corrected chi connectivity index (χ4v) is 2.39. The highest BCUT2D eigenvalue weighted by Crippen LogP contribution is 2.34. The van der Waals surface area contributed by atoms with Crippen LogP contribution in [0.2, 0.25) is 0 Å². The third kappa shape index (κ3) is 3.10. The van der Waals surface area contributed by atoms with Crippen molar-refractivity contribution in [1.82, 2.24) is 0 Å². The van der Waals surface area contributed by atoms with E-state index in [0.717, 1.165) is 6.61 Å². The molecule has 1 aliphatic rings. The second-order valence-electron chi connectivity index (χ2n) is 4.11. The van der Waals surface area contributed by atoms with E-state index in [2.05, 4.69) is 48.9 Å². The summed E-state index contributed by atoms with van der Waals surface area (Å²) in [5.74, 6) is 0.592. The molecular weight excluding hydrogens is 228 g/mol. The van der Waals surface area contributed by atoms with Gasteiger partial charge in [0, 0.05) is 16.8 Å². The molecule has 0 aromatic carbocycles. The van der Waals surface area contributed by atoms with Crippen LogP contribution in [-0.2, 0) is 4.74 Å². The molecule has 0 radical (unpaired) electrons. The summed E-state index contributed by atoms with van der Waals surface area (Å²) in [6.07, 6.45) is 7.30. The van der Waals surface area contributed by atoms with Crippen molar-refractivity contribution in [3.63, 3.8) is 0 Å². The monoisotopic (exact) mass is 246 g/mol. The Hall–Kier alpha value is 0.180. The molecule has 0 saturated heterocycles. The van der Waals surface area contributed by atoms with E-state index in [1.54, 1.807) is 0 Å². The zero-order valence-electron chi connectivity index (χ0n) is 8.72. The highest BCUT2D eigenvalue weighted by Gasteiger charge is 2.33. The molecule has 2 atom stereocenters. The Morgan fingerprint density at radius 3 is 2.69 bits per heavy atom.